The van der Waals surface area contributed by atoms with E-state index in [0.717, 1.165) is 35.9 Å². The van der Waals surface area contributed by atoms with Crippen LogP contribution in [0.2, 0.25) is 5.02 Å². The molecule has 2 saturated carbocycles. The summed E-state index contributed by atoms with van der Waals surface area (Å²) in [5, 5.41) is 4.27. The van der Waals surface area contributed by atoms with E-state index in [1.807, 2.05) is 6.20 Å². The molecule has 1 aromatic heterocycles. The van der Waals surface area contributed by atoms with Crippen LogP contribution in [0.25, 0.3) is 0 Å². The molecule has 0 unspecified atom stereocenters. The van der Waals surface area contributed by atoms with Crippen LogP contribution in [0, 0.1) is 5.92 Å². The van der Waals surface area contributed by atoms with Crippen molar-refractivity contribution >= 4 is 17.4 Å². The van der Waals surface area contributed by atoms with Crippen molar-refractivity contribution in [1.29, 1.82) is 0 Å². The quantitative estimate of drug-likeness (QED) is 0.868. The van der Waals surface area contributed by atoms with Gasteiger partial charge < -0.3 is 10.2 Å². The topological polar surface area (TPSA) is 28.2 Å². The summed E-state index contributed by atoms with van der Waals surface area (Å²) in [5.74, 6) is 1.74. The third kappa shape index (κ3) is 3.64. The monoisotopic (exact) mass is 293 g/mol. The van der Waals surface area contributed by atoms with Crippen molar-refractivity contribution in [2.45, 2.75) is 51.1 Å². The fourth-order valence-corrected chi connectivity index (χ4v) is 3.40. The minimum atomic E-state index is 0.721. The molecule has 4 heteroatoms. The molecular formula is C16H24ClN3. The molecule has 0 spiro atoms. The maximum Gasteiger partial charge on any atom is 0.147 e. The van der Waals surface area contributed by atoms with Gasteiger partial charge in [-0.2, -0.15) is 0 Å². The zero-order valence-electron chi connectivity index (χ0n) is 12.2. The third-order valence-corrected chi connectivity index (χ3v) is 4.70. The summed E-state index contributed by atoms with van der Waals surface area (Å²) in [6, 6.07) is 2.78. The van der Waals surface area contributed by atoms with Crippen LogP contribution >= 0.6 is 11.6 Å². The lowest BCUT2D eigenvalue weighted by molar-refractivity contribution is 0.545. The van der Waals surface area contributed by atoms with Crippen molar-refractivity contribution in [2.24, 2.45) is 5.92 Å². The van der Waals surface area contributed by atoms with Crippen molar-refractivity contribution < 1.29 is 0 Å². The summed E-state index contributed by atoms with van der Waals surface area (Å²) in [6.45, 7) is 1.95. The van der Waals surface area contributed by atoms with Crippen molar-refractivity contribution in [1.82, 2.24) is 10.3 Å². The largest absolute Gasteiger partial charge is 0.358 e. The summed E-state index contributed by atoms with van der Waals surface area (Å²) in [4.78, 5) is 6.79. The minimum Gasteiger partial charge on any atom is -0.358 e. The Labute approximate surface area is 126 Å². The van der Waals surface area contributed by atoms with Gasteiger partial charge in [-0.1, -0.05) is 24.4 Å². The summed E-state index contributed by atoms with van der Waals surface area (Å²) in [7, 11) is 2.11. The molecule has 0 atom stereocenters. The molecule has 2 aliphatic carbocycles. The molecule has 0 amide bonds. The number of pyridine rings is 1. The Hall–Kier alpha value is -0.800. The molecule has 0 bridgehead atoms. The zero-order valence-corrected chi connectivity index (χ0v) is 13.0. The minimum absolute atomic E-state index is 0.721. The highest BCUT2D eigenvalue weighted by Crippen LogP contribution is 2.29. The van der Waals surface area contributed by atoms with Crippen LogP contribution in [-0.4, -0.2) is 24.6 Å². The van der Waals surface area contributed by atoms with Gasteiger partial charge in [0.05, 0.1) is 5.02 Å². The van der Waals surface area contributed by atoms with Gasteiger partial charge in [0.1, 0.15) is 5.82 Å². The van der Waals surface area contributed by atoms with Gasteiger partial charge in [0.25, 0.3) is 0 Å². The maximum atomic E-state index is 6.41. The van der Waals surface area contributed by atoms with E-state index in [-0.39, 0.29) is 0 Å². The van der Waals surface area contributed by atoms with E-state index in [0.29, 0.717) is 0 Å². The predicted molar refractivity (Wildman–Crippen MR) is 84.3 cm³/mol. The van der Waals surface area contributed by atoms with Crippen molar-refractivity contribution in [2.75, 3.05) is 18.5 Å². The highest BCUT2D eigenvalue weighted by atomic mass is 35.5. The van der Waals surface area contributed by atoms with Crippen molar-refractivity contribution in [3.63, 3.8) is 0 Å². The van der Waals surface area contributed by atoms with Crippen LogP contribution in [-0.2, 0) is 6.54 Å². The second kappa shape index (κ2) is 6.31. The van der Waals surface area contributed by atoms with Crippen LogP contribution in [0.5, 0.6) is 0 Å². The molecule has 1 N–H and O–H groups in total. The number of aromatic nitrogens is 1. The lowest BCUT2D eigenvalue weighted by Gasteiger charge is -2.23. The predicted octanol–water partition coefficient (Wildman–Crippen LogP) is 3.61. The standard InChI is InChI=1S/C16H24ClN3/c1-20(11-12-4-2-3-5-12)16-15(17)8-13(10-19-16)9-18-14-6-7-14/h8,10,12,14,18H,2-7,9,11H2,1H3. The van der Waals surface area contributed by atoms with E-state index in [1.54, 1.807) is 0 Å². The molecule has 0 saturated heterocycles. The number of nitrogens with one attached hydrogen (secondary N) is 1. The molecular weight excluding hydrogens is 270 g/mol. The molecule has 1 heterocycles. The van der Waals surface area contributed by atoms with Gasteiger partial charge in [-0.15, -0.1) is 0 Å². The summed E-state index contributed by atoms with van der Waals surface area (Å²) in [6.07, 6.45) is 10.0. The summed E-state index contributed by atoms with van der Waals surface area (Å²) >= 11 is 6.41. The fraction of sp³-hybridized carbons (Fsp3) is 0.688. The van der Waals surface area contributed by atoms with Crippen LogP contribution in [0.1, 0.15) is 44.1 Å². The smallest absolute Gasteiger partial charge is 0.147 e. The Kier molecular flexibility index (Phi) is 4.47. The molecule has 1 aromatic rings. The van der Waals surface area contributed by atoms with Crippen LogP contribution < -0.4 is 10.2 Å². The Balaban J connectivity index is 1.59. The molecule has 0 radical (unpaired) electrons. The van der Waals surface area contributed by atoms with Crippen LogP contribution in [0.3, 0.4) is 0 Å². The average molecular weight is 294 g/mol. The number of hydrogen-bond donors (Lipinski definition) is 1. The molecule has 0 aliphatic heterocycles. The Morgan fingerprint density at radius 1 is 1.30 bits per heavy atom. The Morgan fingerprint density at radius 2 is 2.05 bits per heavy atom. The normalized spacial score (nSPS) is 19.5. The molecule has 2 aliphatic rings. The van der Waals surface area contributed by atoms with Gasteiger partial charge in [0, 0.05) is 32.4 Å². The number of halogens is 1. The number of rotatable bonds is 6. The van der Waals surface area contributed by atoms with E-state index < -0.39 is 0 Å². The van der Waals surface area contributed by atoms with Gasteiger partial charge in [-0.05, 0) is 43.2 Å². The summed E-state index contributed by atoms with van der Waals surface area (Å²) in [5.41, 5.74) is 1.18. The lowest BCUT2D eigenvalue weighted by atomic mass is 10.1. The zero-order chi connectivity index (χ0) is 13.9. The molecule has 110 valence electrons. The first-order chi connectivity index (χ1) is 9.72. The fourth-order valence-electron chi connectivity index (χ4n) is 3.06. The third-order valence-electron chi connectivity index (χ3n) is 4.42. The number of anilines is 1. The maximum absolute atomic E-state index is 6.41. The second-order valence-electron chi connectivity index (χ2n) is 6.34. The van der Waals surface area contributed by atoms with Gasteiger partial charge in [0.2, 0.25) is 0 Å². The van der Waals surface area contributed by atoms with Gasteiger partial charge in [0.15, 0.2) is 0 Å². The van der Waals surface area contributed by atoms with Gasteiger partial charge in [-0.3, -0.25) is 0 Å². The molecule has 2 fully saturated rings. The molecule has 3 rings (SSSR count). The summed E-state index contributed by atoms with van der Waals surface area (Å²) < 4.78 is 0. The van der Waals surface area contributed by atoms with Crippen molar-refractivity contribution in [3.8, 4) is 0 Å². The first-order valence-corrected chi connectivity index (χ1v) is 8.19. The van der Waals surface area contributed by atoms with Gasteiger partial charge in [-0.25, -0.2) is 4.98 Å². The van der Waals surface area contributed by atoms with Crippen molar-refractivity contribution in [3.05, 3.63) is 22.8 Å². The number of nitrogens with zero attached hydrogens (tertiary/aromatic N) is 2. The number of hydrogen-bond acceptors (Lipinski definition) is 3. The highest BCUT2D eigenvalue weighted by Gasteiger charge is 2.21. The second-order valence-corrected chi connectivity index (χ2v) is 6.74. The van der Waals surface area contributed by atoms with E-state index in [1.165, 1.54) is 44.1 Å². The van der Waals surface area contributed by atoms with Crippen LogP contribution in [0.15, 0.2) is 12.3 Å². The first-order valence-electron chi connectivity index (χ1n) is 7.81. The Morgan fingerprint density at radius 3 is 2.70 bits per heavy atom. The molecule has 3 nitrogen and oxygen atoms in total. The lowest BCUT2D eigenvalue weighted by Crippen LogP contribution is -2.25. The SMILES string of the molecule is CN(CC1CCCC1)c1ncc(CNC2CC2)cc1Cl. The van der Waals surface area contributed by atoms with E-state index >= 15 is 0 Å². The van der Waals surface area contributed by atoms with E-state index in [4.69, 9.17) is 11.6 Å². The average Bonchev–Trinajstić information content (AvgIpc) is 3.13. The molecule has 20 heavy (non-hydrogen) atoms. The first kappa shape index (κ1) is 14.2. The van der Waals surface area contributed by atoms with Crippen LogP contribution in [0.4, 0.5) is 5.82 Å². The van der Waals surface area contributed by atoms with E-state index in [2.05, 4.69) is 28.3 Å². The van der Waals surface area contributed by atoms with Gasteiger partial charge >= 0.3 is 0 Å². The van der Waals surface area contributed by atoms with E-state index in [9.17, 15) is 0 Å². The molecule has 0 aromatic carbocycles. The highest BCUT2D eigenvalue weighted by molar-refractivity contribution is 6.33. The Bertz CT molecular complexity index is 453.